The van der Waals surface area contributed by atoms with Crippen LogP contribution in [0, 0.1) is 10.1 Å². The van der Waals surface area contributed by atoms with Gasteiger partial charge in [0.05, 0.1) is 12.0 Å². The van der Waals surface area contributed by atoms with Crippen molar-refractivity contribution >= 4 is 34.9 Å². The molecule has 0 aromatic heterocycles. The van der Waals surface area contributed by atoms with E-state index < -0.39 is 10.9 Å². The van der Waals surface area contributed by atoms with Crippen LogP contribution in [0.15, 0.2) is 57.4 Å². The van der Waals surface area contributed by atoms with Crippen LogP contribution in [-0.2, 0) is 9.63 Å². The van der Waals surface area contributed by atoms with Gasteiger partial charge in [0.1, 0.15) is 5.71 Å². The third-order valence-electron chi connectivity index (χ3n) is 4.26. The van der Waals surface area contributed by atoms with Crippen LogP contribution in [0.1, 0.15) is 49.9 Å². The zero-order valence-corrected chi connectivity index (χ0v) is 18.4. The molecule has 0 amide bonds. The number of methoxy groups -OCH3 is 1. The van der Waals surface area contributed by atoms with Gasteiger partial charge in [-0.3, -0.25) is 14.9 Å². The second-order valence-electron chi connectivity index (χ2n) is 6.62. The largest absolute Gasteiger partial charge is 0.490 e. The number of ether oxygens (including phenoxy) is 1. The predicted molar refractivity (Wildman–Crippen MR) is 118 cm³/mol. The number of rotatable bonds is 11. The van der Waals surface area contributed by atoms with Crippen molar-refractivity contribution in [2.45, 2.75) is 49.3 Å². The third kappa shape index (κ3) is 7.21. The second kappa shape index (κ2) is 11.8. The molecule has 8 nitrogen and oxygen atoms in total. The first kappa shape index (κ1) is 24.1. The normalized spacial score (nSPS) is 11.1. The van der Waals surface area contributed by atoms with Crippen LogP contribution < -0.4 is 4.74 Å². The lowest BCUT2D eigenvalue weighted by Gasteiger charge is -2.07. The number of carbonyl (C=O) groups is 2. The van der Waals surface area contributed by atoms with Crippen molar-refractivity contribution in [1.29, 1.82) is 0 Å². The van der Waals surface area contributed by atoms with Gasteiger partial charge in [0.15, 0.2) is 5.75 Å². The van der Waals surface area contributed by atoms with Gasteiger partial charge < -0.3 is 9.57 Å². The van der Waals surface area contributed by atoms with Crippen molar-refractivity contribution < 1.29 is 24.1 Å². The summed E-state index contributed by atoms with van der Waals surface area (Å²) in [6, 6.07) is 11.5. The number of Topliss-reactive ketones (excluding diaryl/α,β-unsaturated/α-hetero) is 1. The lowest BCUT2D eigenvalue weighted by atomic mass is 10.0. The number of nitro groups is 1. The Balaban J connectivity index is 2.15. The topological polar surface area (TPSA) is 108 Å². The molecule has 0 atom stereocenters. The van der Waals surface area contributed by atoms with E-state index in [9.17, 15) is 19.7 Å². The summed E-state index contributed by atoms with van der Waals surface area (Å²) in [4.78, 5) is 40.7. The molecule has 0 fully saturated rings. The van der Waals surface area contributed by atoms with Crippen molar-refractivity contribution in [1.82, 2.24) is 0 Å². The Bertz CT molecular complexity index is 972. The molecule has 0 aliphatic rings. The number of carbonyl (C=O) groups excluding carboxylic acids is 2. The molecule has 0 saturated heterocycles. The third-order valence-corrected chi connectivity index (χ3v) is 5.26. The minimum absolute atomic E-state index is 0.101. The Labute approximate surface area is 184 Å². The van der Waals surface area contributed by atoms with Gasteiger partial charge in [0.25, 0.3) is 0 Å². The Morgan fingerprint density at radius 3 is 2.35 bits per heavy atom. The van der Waals surface area contributed by atoms with Crippen LogP contribution in [0.4, 0.5) is 5.69 Å². The molecule has 0 saturated carbocycles. The van der Waals surface area contributed by atoms with Gasteiger partial charge in [0.2, 0.25) is 5.78 Å². The van der Waals surface area contributed by atoms with Crippen molar-refractivity contribution in [3.8, 4) is 5.75 Å². The fourth-order valence-electron chi connectivity index (χ4n) is 2.71. The van der Waals surface area contributed by atoms with Crippen molar-refractivity contribution in [3.05, 3.63) is 58.1 Å². The number of benzene rings is 2. The van der Waals surface area contributed by atoms with Gasteiger partial charge in [-0.2, -0.15) is 0 Å². The highest BCUT2D eigenvalue weighted by molar-refractivity contribution is 7.99. The Morgan fingerprint density at radius 2 is 1.77 bits per heavy atom. The number of ketones is 1. The first-order valence-corrected chi connectivity index (χ1v) is 10.6. The number of hydrogen-bond acceptors (Lipinski definition) is 8. The number of nitro benzene ring substituents is 1. The summed E-state index contributed by atoms with van der Waals surface area (Å²) in [6.07, 6.45) is 3.15. The lowest BCUT2D eigenvalue weighted by Crippen LogP contribution is -2.15. The fourth-order valence-corrected chi connectivity index (χ4v) is 3.56. The monoisotopic (exact) mass is 444 g/mol. The molecule has 0 unspecified atom stereocenters. The molecule has 0 N–H and O–H groups in total. The highest BCUT2D eigenvalue weighted by Crippen LogP contribution is 2.35. The van der Waals surface area contributed by atoms with Gasteiger partial charge in [-0.25, -0.2) is 4.79 Å². The SMILES string of the molecule is CCCCC/C(=N\OC(C)=O)C(=O)c1ccc(Sc2ccc([N+](=O)[O-])c(OC)c2)cc1. The summed E-state index contributed by atoms with van der Waals surface area (Å²) in [7, 11) is 1.38. The van der Waals surface area contributed by atoms with Crippen LogP contribution >= 0.6 is 11.8 Å². The molecule has 0 aliphatic heterocycles. The maximum atomic E-state index is 12.8. The van der Waals surface area contributed by atoms with E-state index in [1.54, 1.807) is 36.4 Å². The summed E-state index contributed by atoms with van der Waals surface area (Å²) in [5.41, 5.74) is 0.549. The Hall–Kier alpha value is -3.20. The maximum absolute atomic E-state index is 12.8. The average molecular weight is 445 g/mol. The molecule has 0 radical (unpaired) electrons. The van der Waals surface area contributed by atoms with Crippen LogP contribution in [0.5, 0.6) is 5.75 Å². The van der Waals surface area contributed by atoms with E-state index in [0.717, 1.165) is 29.1 Å². The standard InChI is InChI=1S/C22H24N2O6S/c1-4-5-6-7-19(23-30-15(2)25)22(26)16-8-10-17(11-9-16)31-18-12-13-20(24(27)28)21(14-18)29-3/h8-14H,4-7H2,1-3H3/b23-19+. The molecule has 0 heterocycles. The van der Waals surface area contributed by atoms with Crippen LogP contribution in [0.25, 0.3) is 0 Å². The van der Waals surface area contributed by atoms with E-state index >= 15 is 0 Å². The Morgan fingerprint density at radius 1 is 1.10 bits per heavy atom. The zero-order chi connectivity index (χ0) is 22.8. The molecule has 2 aromatic rings. The van der Waals surface area contributed by atoms with E-state index in [1.807, 2.05) is 0 Å². The smallest absolute Gasteiger partial charge is 0.331 e. The number of hydrogen-bond donors (Lipinski definition) is 0. The van der Waals surface area contributed by atoms with E-state index in [4.69, 9.17) is 9.57 Å². The van der Waals surface area contributed by atoms with Crippen molar-refractivity contribution in [3.63, 3.8) is 0 Å². The highest BCUT2D eigenvalue weighted by atomic mass is 32.2. The number of unbranched alkanes of at least 4 members (excludes halogenated alkanes) is 2. The molecule has 2 rings (SSSR count). The summed E-state index contributed by atoms with van der Waals surface area (Å²) >= 11 is 1.38. The number of nitrogens with zero attached hydrogens (tertiary/aromatic N) is 2. The van der Waals surface area contributed by atoms with Crippen LogP contribution in [-0.4, -0.2) is 29.5 Å². The van der Waals surface area contributed by atoms with Crippen molar-refractivity contribution in [2.75, 3.05) is 7.11 Å². The van der Waals surface area contributed by atoms with E-state index in [-0.39, 0.29) is 22.9 Å². The van der Waals surface area contributed by atoms with E-state index in [2.05, 4.69) is 12.1 Å². The minimum Gasteiger partial charge on any atom is -0.490 e. The zero-order valence-electron chi connectivity index (χ0n) is 17.6. The van der Waals surface area contributed by atoms with Crippen LogP contribution in [0.3, 0.4) is 0 Å². The van der Waals surface area contributed by atoms with Gasteiger partial charge in [-0.15, -0.1) is 0 Å². The van der Waals surface area contributed by atoms with Gasteiger partial charge >= 0.3 is 11.7 Å². The molecule has 0 spiro atoms. The molecule has 0 bridgehead atoms. The summed E-state index contributed by atoms with van der Waals surface area (Å²) in [5, 5.41) is 14.8. The lowest BCUT2D eigenvalue weighted by molar-refractivity contribution is -0.385. The second-order valence-corrected chi connectivity index (χ2v) is 7.77. The van der Waals surface area contributed by atoms with Gasteiger partial charge in [-0.1, -0.05) is 36.7 Å². The first-order valence-electron chi connectivity index (χ1n) is 9.75. The maximum Gasteiger partial charge on any atom is 0.331 e. The number of oxime groups is 1. The molecular formula is C22H24N2O6S. The molecule has 0 aliphatic carbocycles. The summed E-state index contributed by atoms with van der Waals surface area (Å²) < 4.78 is 5.09. The van der Waals surface area contributed by atoms with E-state index in [0.29, 0.717) is 12.0 Å². The average Bonchev–Trinajstić information content (AvgIpc) is 2.75. The quantitative estimate of drug-likeness (QED) is 0.113. The molecule has 2 aromatic carbocycles. The summed E-state index contributed by atoms with van der Waals surface area (Å²) in [5.74, 6) is -0.683. The molecule has 164 valence electrons. The summed E-state index contributed by atoms with van der Waals surface area (Å²) in [6.45, 7) is 3.29. The molecular weight excluding hydrogens is 420 g/mol. The highest BCUT2D eigenvalue weighted by Gasteiger charge is 2.17. The first-order chi connectivity index (χ1) is 14.8. The van der Waals surface area contributed by atoms with Gasteiger partial charge in [-0.05, 0) is 43.2 Å². The minimum atomic E-state index is -0.578. The van der Waals surface area contributed by atoms with Crippen molar-refractivity contribution in [2.24, 2.45) is 5.16 Å². The van der Waals surface area contributed by atoms with Gasteiger partial charge in [0, 0.05) is 34.4 Å². The predicted octanol–water partition coefficient (Wildman–Crippen LogP) is 5.44. The fraction of sp³-hybridized carbons (Fsp3) is 0.318. The molecule has 9 heteroatoms. The molecule has 31 heavy (non-hydrogen) atoms. The Kier molecular flexibility index (Phi) is 9.20. The van der Waals surface area contributed by atoms with Crippen LogP contribution in [0.2, 0.25) is 0 Å². The van der Waals surface area contributed by atoms with E-state index in [1.165, 1.54) is 31.9 Å².